The van der Waals surface area contributed by atoms with Crippen molar-refractivity contribution in [2.75, 3.05) is 16.8 Å². The van der Waals surface area contributed by atoms with E-state index < -0.39 is 17.6 Å². The van der Waals surface area contributed by atoms with Gasteiger partial charge in [0.15, 0.2) is 0 Å². The van der Waals surface area contributed by atoms with Gasteiger partial charge in [0.1, 0.15) is 17.3 Å². The Balaban J connectivity index is 1.80. The van der Waals surface area contributed by atoms with E-state index in [9.17, 15) is 14.7 Å². The molecule has 1 atom stereocenters. The highest BCUT2D eigenvalue weighted by Crippen LogP contribution is 2.34. The zero-order valence-electron chi connectivity index (χ0n) is 19.2. The number of aromatic nitrogens is 2. The van der Waals surface area contributed by atoms with Crippen molar-refractivity contribution in [3.05, 3.63) is 86.6 Å². The second-order valence-corrected chi connectivity index (χ2v) is 8.49. The quantitative estimate of drug-likeness (QED) is 0.549. The van der Waals surface area contributed by atoms with Gasteiger partial charge in [0.05, 0.1) is 0 Å². The summed E-state index contributed by atoms with van der Waals surface area (Å²) in [5, 5.41) is 12.5. The number of hydrogen-bond acceptors (Lipinski definition) is 6. The summed E-state index contributed by atoms with van der Waals surface area (Å²) in [5.41, 5.74) is 1.62. The van der Waals surface area contributed by atoms with Gasteiger partial charge in [-0.25, -0.2) is 4.79 Å². The summed E-state index contributed by atoms with van der Waals surface area (Å²) < 4.78 is 9.03. The van der Waals surface area contributed by atoms with Crippen LogP contribution in [0.2, 0.25) is 0 Å². The standard InChI is InChI=1S/C25H30N4O4/c1-17(2)19-12-7-8-13-20(19)33-24-26-22-21(29(24)16-18-10-5-4-6-11-18)23(31)28(14-9-15-30)25(32)27(22)3/h4-8,10-13,17,24,26,30H,9,14-16H2,1-3H3. The lowest BCUT2D eigenvalue weighted by atomic mass is 10.0. The Hall–Kier alpha value is -3.52. The fourth-order valence-electron chi connectivity index (χ4n) is 4.13. The van der Waals surface area contributed by atoms with Crippen LogP contribution in [-0.2, 0) is 20.1 Å². The maximum atomic E-state index is 13.4. The molecular formula is C25H30N4O4. The summed E-state index contributed by atoms with van der Waals surface area (Å²) in [6.45, 7) is 4.67. The molecule has 0 aliphatic carbocycles. The summed E-state index contributed by atoms with van der Waals surface area (Å²) in [6.07, 6.45) is -0.353. The van der Waals surface area contributed by atoms with Crippen LogP contribution in [0.4, 0.5) is 11.5 Å². The number of fused-ring (bicyclic) bond motifs is 1. The van der Waals surface area contributed by atoms with Crippen molar-refractivity contribution >= 4 is 11.5 Å². The van der Waals surface area contributed by atoms with E-state index in [-0.39, 0.29) is 19.1 Å². The smallest absolute Gasteiger partial charge is 0.332 e. The average molecular weight is 451 g/mol. The van der Waals surface area contributed by atoms with Gasteiger partial charge in [-0.2, -0.15) is 0 Å². The second-order valence-electron chi connectivity index (χ2n) is 8.49. The summed E-state index contributed by atoms with van der Waals surface area (Å²) in [4.78, 5) is 28.2. The Morgan fingerprint density at radius 2 is 1.76 bits per heavy atom. The molecule has 1 aromatic heterocycles. The van der Waals surface area contributed by atoms with E-state index in [1.165, 1.54) is 9.13 Å². The first-order chi connectivity index (χ1) is 15.9. The molecule has 2 N–H and O–H groups in total. The lowest BCUT2D eigenvalue weighted by Crippen LogP contribution is -2.43. The molecule has 1 aliphatic rings. The molecule has 0 saturated carbocycles. The molecule has 0 radical (unpaired) electrons. The van der Waals surface area contributed by atoms with Crippen molar-refractivity contribution in [3.63, 3.8) is 0 Å². The Morgan fingerprint density at radius 1 is 1.06 bits per heavy atom. The molecule has 0 fully saturated rings. The number of aliphatic hydroxyl groups excluding tert-OH is 1. The molecule has 0 saturated heterocycles. The molecule has 4 rings (SSSR count). The number of ether oxygens (including phenoxy) is 1. The highest BCUT2D eigenvalue weighted by molar-refractivity contribution is 5.71. The summed E-state index contributed by atoms with van der Waals surface area (Å²) in [6, 6.07) is 17.7. The molecular weight excluding hydrogens is 420 g/mol. The molecule has 0 spiro atoms. The van der Waals surface area contributed by atoms with Crippen LogP contribution in [0.5, 0.6) is 5.75 Å². The van der Waals surface area contributed by atoms with Crippen molar-refractivity contribution in [1.29, 1.82) is 0 Å². The van der Waals surface area contributed by atoms with Crippen LogP contribution in [-0.4, -0.2) is 27.2 Å². The van der Waals surface area contributed by atoms with E-state index in [0.29, 0.717) is 24.5 Å². The third-order valence-electron chi connectivity index (χ3n) is 5.87. The number of para-hydroxylation sites is 1. The monoisotopic (exact) mass is 450 g/mol. The fourth-order valence-corrected chi connectivity index (χ4v) is 4.13. The van der Waals surface area contributed by atoms with Crippen LogP contribution in [0.15, 0.2) is 64.2 Å². The molecule has 2 aromatic carbocycles. The Labute approximate surface area is 192 Å². The first kappa shape index (κ1) is 22.7. The van der Waals surface area contributed by atoms with E-state index >= 15 is 0 Å². The first-order valence-electron chi connectivity index (χ1n) is 11.2. The topological polar surface area (TPSA) is 88.7 Å². The molecule has 2 heterocycles. The highest BCUT2D eigenvalue weighted by atomic mass is 16.5. The van der Waals surface area contributed by atoms with Crippen molar-refractivity contribution in [2.45, 2.75) is 45.6 Å². The third-order valence-corrected chi connectivity index (χ3v) is 5.87. The second kappa shape index (κ2) is 9.54. The normalized spacial score (nSPS) is 14.9. The Morgan fingerprint density at radius 3 is 2.45 bits per heavy atom. The van der Waals surface area contributed by atoms with Crippen LogP contribution in [0.1, 0.15) is 37.3 Å². The molecule has 8 heteroatoms. The van der Waals surface area contributed by atoms with Gasteiger partial charge < -0.3 is 20.1 Å². The minimum Gasteiger partial charge on any atom is -0.452 e. The molecule has 1 unspecified atom stereocenters. The molecule has 1 aliphatic heterocycles. The van der Waals surface area contributed by atoms with Crippen LogP contribution in [0.25, 0.3) is 0 Å². The molecule has 0 amide bonds. The molecule has 33 heavy (non-hydrogen) atoms. The highest BCUT2D eigenvalue weighted by Gasteiger charge is 2.36. The SMILES string of the molecule is CC(C)c1ccccc1OC1Nc2c(c(=O)n(CCCO)c(=O)n2C)N1Cc1ccccc1. The lowest BCUT2D eigenvalue weighted by molar-refractivity contribution is 0.225. The molecule has 174 valence electrons. The molecule has 0 bridgehead atoms. The van der Waals surface area contributed by atoms with E-state index in [2.05, 4.69) is 19.2 Å². The molecule has 3 aromatic rings. The van der Waals surface area contributed by atoms with Crippen LogP contribution in [0, 0.1) is 0 Å². The van der Waals surface area contributed by atoms with Gasteiger partial charge in [-0.1, -0.05) is 62.4 Å². The predicted octanol–water partition coefficient (Wildman–Crippen LogP) is 2.85. The van der Waals surface area contributed by atoms with E-state index in [4.69, 9.17) is 4.74 Å². The first-order valence-corrected chi connectivity index (χ1v) is 11.2. The number of benzene rings is 2. The van der Waals surface area contributed by atoms with E-state index in [1.54, 1.807) is 7.05 Å². The van der Waals surface area contributed by atoms with Gasteiger partial charge in [0, 0.05) is 26.7 Å². The maximum absolute atomic E-state index is 13.4. The number of aliphatic hydroxyl groups is 1. The number of nitrogens with one attached hydrogen (secondary N) is 1. The van der Waals surface area contributed by atoms with Crippen LogP contribution in [0.3, 0.4) is 0 Å². The van der Waals surface area contributed by atoms with E-state index in [1.807, 2.05) is 59.5 Å². The van der Waals surface area contributed by atoms with Gasteiger partial charge >= 0.3 is 5.69 Å². The van der Waals surface area contributed by atoms with Crippen molar-refractivity contribution in [2.24, 2.45) is 7.05 Å². The van der Waals surface area contributed by atoms with Crippen LogP contribution < -0.4 is 26.2 Å². The Kier molecular flexibility index (Phi) is 6.55. The van der Waals surface area contributed by atoms with Crippen LogP contribution >= 0.6 is 0 Å². The maximum Gasteiger partial charge on any atom is 0.332 e. The van der Waals surface area contributed by atoms with Gasteiger partial charge in [-0.3, -0.25) is 13.9 Å². The number of anilines is 2. The fraction of sp³-hybridized carbons (Fsp3) is 0.360. The lowest BCUT2D eigenvalue weighted by Gasteiger charge is -2.28. The van der Waals surface area contributed by atoms with Crippen molar-refractivity contribution in [1.82, 2.24) is 9.13 Å². The number of nitrogens with zero attached hydrogens (tertiary/aromatic N) is 3. The van der Waals surface area contributed by atoms with Gasteiger partial charge in [-0.05, 0) is 29.5 Å². The third kappa shape index (κ3) is 4.39. The van der Waals surface area contributed by atoms with Gasteiger partial charge in [-0.15, -0.1) is 0 Å². The number of hydrogen-bond donors (Lipinski definition) is 2. The average Bonchev–Trinajstić information content (AvgIpc) is 3.16. The summed E-state index contributed by atoms with van der Waals surface area (Å²) in [5.74, 6) is 1.40. The zero-order valence-corrected chi connectivity index (χ0v) is 19.2. The summed E-state index contributed by atoms with van der Waals surface area (Å²) in [7, 11) is 1.63. The Bertz CT molecular complexity index is 1230. The minimum atomic E-state index is -0.674. The van der Waals surface area contributed by atoms with Gasteiger partial charge in [0.2, 0.25) is 0 Å². The minimum absolute atomic E-state index is 0.101. The largest absolute Gasteiger partial charge is 0.452 e. The number of rotatable bonds is 8. The zero-order chi connectivity index (χ0) is 23.5. The summed E-state index contributed by atoms with van der Waals surface area (Å²) >= 11 is 0. The molecule has 8 nitrogen and oxygen atoms in total. The van der Waals surface area contributed by atoms with E-state index in [0.717, 1.165) is 16.9 Å². The van der Waals surface area contributed by atoms with Crippen molar-refractivity contribution in [3.8, 4) is 5.75 Å². The van der Waals surface area contributed by atoms with Gasteiger partial charge in [0.25, 0.3) is 11.9 Å². The van der Waals surface area contributed by atoms with Crippen molar-refractivity contribution < 1.29 is 9.84 Å². The predicted molar refractivity (Wildman–Crippen MR) is 129 cm³/mol.